The number of hydrogen-bond acceptors (Lipinski definition) is 8. The number of halogens is 2. The number of carbonyl (C=O) groups excluding carboxylic acids is 1. The van der Waals surface area contributed by atoms with Gasteiger partial charge < -0.3 is 14.2 Å². The van der Waals surface area contributed by atoms with E-state index in [2.05, 4.69) is 14.9 Å². The molecule has 11 heteroatoms. The number of fused-ring (bicyclic) bond motifs is 1. The molecule has 0 bridgehead atoms. The summed E-state index contributed by atoms with van der Waals surface area (Å²) >= 11 is 1.22. The summed E-state index contributed by atoms with van der Waals surface area (Å²) < 4.78 is 45.1. The zero-order valence-corrected chi connectivity index (χ0v) is 18.0. The molecular formula is C21H19F2N5O3S. The van der Waals surface area contributed by atoms with Gasteiger partial charge in [-0.25, -0.2) is 13.5 Å². The van der Waals surface area contributed by atoms with Crippen molar-refractivity contribution in [2.45, 2.75) is 13.1 Å². The SMILES string of the molecule is CN(C)SNc1cccc(CN2Cc3ccc(Oc4cccnn4)c(F)c3OC2=O)c1F. The summed E-state index contributed by atoms with van der Waals surface area (Å²) in [4.78, 5) is 13.8. The lowest BCUT2D eigenvalue weighted by molar-refractivity contribution is 0.131. The van der Waals surface area contributed by atoms with E-state index in [4.69, 9.17) is 9.47 Å². The van der Waals surface area contributed by atoms with Gasteiger partial charge in [0.2, 0.25) is 11.7 Å². The van der Waals surface area contributed by atoms with Gasteiger partial charge in [0.15, 0.2) is 17.3 Å². The van der Waals surface area contributed by atoms with Gasteiger partial charge in [-0.2, -0.15) is 9.49 Å². The third-order valence-corrected chi connectivity index (χ3v) is 5.17. The molecule has 1 aliphatic heterocycles. The van der Waals surface area contributed by atoms with E-state index in [1.54, 1.807) is 34.6 Å². The van der Waals surface area contributed by atoms with Gasteiger partial charge in [0.05, 0.1) is 18.8 Å². The molecule has 0 atom stereocenters. The minimum Gasteiger partial charge on any atom is -0.434 e. The van der Waals surface area contributed by atoms with Crippen LogP contribution in [0.4, 0.5) is 19.3 Å². The lowest BCUT2D eigenvalue weighted by Gasteiger charge is -2.28. The van der Waals surface area contributed by atoms with Crippen LogP contribution >= 0.6 is 12.1 Å². The average molecular weight is 459 g/mol. The summed E-state index contributed by atoms with van der Waals surface area (Å²) in [5.74, 6) is -1.55. The summed E-state index contributed by atoms with van der Waals surface area (Å²) in [5.41, 5.74) is 1.04. The fourth-order valence-electron chi connectivity index (χ4n) is 3.02. The van der Waals surface area contributed by atoms with Gasteiger partial charge >= 0.3 is 6.09 Å². The first kappa shape index (κ1) is 21.8. The molecule has 1 aliphatic rings. The maximum Gasteiger partial charge on any atom is 0.415 e. The summed E-state index contributed by atoms with van der Waals surface area (Å²) in [5, 5.41) is 7.40. The Morgan fingerprint density at radius 1 is 1.19 bits per heavy atom. The fourth-order valence-corrected chi connectivity index (χ4v) is 3.45. The van der Waals surface area contributed by atoms with Crippen LogP contribution in [0.2, 0.25) is 0 Å². The molecule has 0 saturated heterocycles. The second kappa shape index (κ2) is 9.37. The van der Waals surface area contributed by atoms with Gasteiger partial charge in [-0.15, -0.1) is 5.10 Å². The Balaban J connectivity index is 1.52. The molecule has 4 rings (SSSR count). The van der Waals surface area contributed by atoms with Crippen LogP contribution in [0, 0.1) is 11.6 Å². The Kier molecular flexibility index (Phi) is 6.37. The topological polar surface area (TPSA) is 79.8 Å². The highest BCUT2D eigenvalue weighted by molar-refractivity contribution is 7.98. The molecule has 8 nitrogen and oxygen atoms in total. The van der Waals surface area contributed by atoms with Crippen molar-refractivity contribution in [3.05, 3.63) is 71.4 Å². The molecule has 1 N–H and O–H groups in total. The largest absolute Gasteiger partial charge is 0.434 e. The fraction of sp³-hybridized carbons (Fsp3) is 0.190. The average Bonchev–Trinajstić information content (AvgIpc) is 2.78. The molecule has 1 amide bonds. The highest BCUT2D eigenvalue weighted by atomic mass is 32.2. The number of rotatable bonds is 7. The Labute approximate surface area is 187 Å². The molecule has 0 spiro atoms. The lowest BCUT2D eigenvalue weighted by Crippen LogP contribution is -2.37. The number of nitrogens with zero attached hydrogens (tertiary/aromatic N) is 4. The number of amides is 1. The van der Waals surface area contributed by atoms with E-state index >= 15 is 0 Å². The van der Waals surface area contributed by atoms with Crippen LogP contribution in [0.15, 0.2) is 48.7 Å². The summed E-state index contributed by atoms with van der Waals surface area (Å²) in [6.07, 6.45) is 0.677. The van der Waals surface area contributed by atoms with Crippen molar-refractivity contribution in [3.63, 3.8) is 0 Å². The maximum absolute atomic E-state index is 14.9. The quantitative estimate of drug-likeness (QED) is 0.514. The number of hydrogen-bond donors (Lipinski definition) is 1. The number of ether oxygens (including phenoxy) is 2. The van der Waals surface area contributed by atoms with E-state index < -0.39 is 17.7 Å². The molecule has 0 radical (unpaired) electrons. The second-order valence-corrected chi connectivity index (χ2v) is 8.16. The molecule has 1 aromatic heterocycles. The molecule has 32 heavy (non-hydrogen) atoms. The Hall–Kier alpha value is -3.44. The van der Waals surface area contributed by atoms with Gasteiger partial charge in [-0.3, -0.25) is 4.90 Å². The van der Waals surface area contributed by atoms with Crippen molar-refractivity contribution >= 4 is 23.9 Å². The van der Waals surface area contributed by atoms with Gasteiger partial charge in [-0.05, 0) is 38.4 Å². The molecular weight excluding hydrogens is 440 g/mol. The first-order valence-corrected chi connectivity index (χ1v) is 10.3. The van der Waals surface area contributed by atoms with Crippen LogP contribution < -0.4 is 14.2 Å². The van der Waals surface area contributed by atoms with Crippen molar-refractivity contribution in [1.82, 2.24) is 19.4 Å². The van der Waals surface area contributed by atoms with E-state index in [9.17, 15) is 13.6 Å². The van der Waals surface area contributed by atoms with Crippen molar-refractivity contribution < 1.29 is 23.0 Å². The van der Waals surface area contributed by atoms with E-state index in [1.165, 1.54) is 35.4 Å². The third-order valence-electron chi connectivity index (χ3n) is 4.49. The number of aromatic nitrogens is 2. The van der Waals surface area contributed by atoms with Crippen LogP contribution in [0.5, 0.6) is 17.4 Å². The second-order valence-electron chi connectivity index (χ2n) is 7.04. The van der Waals surface area contributed by atoms with E-state index in [1.807, 2.05) is 14.1 Å². The third kappa shape index (κ3) is 4.73. The Bertz CT molecular complexity index is 1130. The zero-order chi connectivity index (χ0) is 22.7. The summed E-state index contributed by atoms with van der Waals surface area (Å²) in [7, 11) is 3.65. The number of benzene rings is 2. The lowest BCUT2D eigenvalue weighted by atomic mass is 10.1. The molecule has 2 heterocycles. The van der Waals surface area contributed by atoms with Crippen molar-refractivity contribution in [2.75, 3.05) is 18.8 Å². The smallest absolute Gasteiger partial charge is 0.415 e. The number of carbonyl (C=O) groups is 1. The van der Waals surface area contributed by atoms with E-state index in [0.717, 1.165) is 0 Å². The minimum absolute atomic E-state index is 0.0360. The van der Waals surface area contributed by atoms with Crippen molar-refractivity contribution in [1.29, 1.82) is 0 Å². The number of nitrogens with one attached hydrogen (secondary N) is 1. The maximum atomic E-state index is 14.9. The van der Waals surface area contributed by atoms with Gasteiger partial charge in [0.25, 0.3) is 0 Å². The molecule has 0 unspecified atom stereocenters. The molecule has 2 aromatic carbocycles. The minimum atomic E-state index is -0.820. The van der Waals surface area contributed by atoms with Crippen LogP contribution in [-0.2, 0) is 13.1 Å². The van der Waals surface area contributed by atoms with Gasteiger partial charge in [-0.1, -0.05) is 12.1 Å². The van der Waals surface area contributed by atoms with Crippen LogP contribution in [0.1, 0.15) is 11.1 Å². The van der Waals surface area contributed by atoms with Crippen LogP contribution in [0.3, 0.4) is 0 Å². The predicted molar refractivity (Wildman–Crippen MR) is 115 cm³/mol. The normalized spacial score (nSPS) is 13.0. The van der Waals surface area contributed by atoms with Gasteiger partial charge in [0.1, 0.15) is 0 Å². The molecule has 0 saturated carbocycles. The highest BCUT2D eigenvalue weighted by Gasteiger charge is 2.30. The Morgan fingerprint density at radius 2 is 2.03 bits per heavy atom. The van der Waals surface area contributed by atoms with Crippen LogP contribution in [-0.4, -0.2) is 39.6 Å². The molecule has 3 aromatic rings. The van der Waals surface area contributed by atoms with Crippen LogP contribution in [0.25, 0.3) is 0 Å². The standard InChI is InChI=1S/C21H19F2N5O3S/c1-27(2)32-26-15-6-3-5-13(18(15)22)11-28-12-14-8-9-16(19(23)20(14)31-21(28)29)30-17-7-4-10-24-25-17/h3-10,26H,11-12H2,1-2H3. The predicted octanol–water partition coefficient (Wildman–Crippen LogP) is 4.60. The summed E-state index contributed by atoms with van der Waals surface area (Å²) in [6.45, 7) is 0.0196. The Morgan fingerprint density at radius 3 is 2.78 bits per heavy atom. The first-order valence-electron chi connectivity index (χ1n) is 9.53. The van der Waals surface area contributed by atoms with E-state index in [0.29, 0.717) is 16.8 Å². The monoisotopic (exact) mass is 459 g/mol. The molecule has 0 fully saturated rings. The zero-order valence-electron chi connectivity index (χ0n) is 17.2. The molecule has 0 aliphatic carbocycles. The summed E-state index contributed by atoms with van der Waals surface area (Å²) in [6, 6.07) is 11.0. The molecule has 166 valence electrons. The first-order chi connectivity index (χ1) is 15.4. The van der Waals surface area contributed by atoms with E-state index in [-0.39, 0.29) is 30.5 Å². The van der Waals surface area contributed by atoms with Crippen molar-refractivity contribution in [3.8, 4) is 17.4 Å². The highest BCUT2D eigenvalue weighted by Crippen LogP contribution is 2.36. The van der Waals surface area contributed by atoms with Crippen molar-refractivity contribution in [2.24, 2.45) is 0 Å². The van der Waals surface area contributed by atoms with Gasteiger partial charge in [0, 0.05) is 35.5 Å². The number of anilines is 1.